The SMILES string of the molecule is CNC(=O)C(C)N(Cc1ccc(Cl)cc1)C(=O)CN(c1ccc(F)cc1)S(=O)(=O)c1ccccc1. The smallest absolute Gasteiger partial charge is 0.264 e. The molecule has 3 aromatic carbocycles. The molecular weight excluding hydrogens is 493 g/mol. The van der Waals surface area contributed by atoms with E-state index >= 15 is 0 Å². The maximum Gasteiger partial charge on any atom is 0.264 e. The van der Waals surface area contributed by atoms with Crippen molar-refractivity contribution in [2.75, 3.05) is 17.9 Å². The number of carbonyl (C=O) groups is 2. The molecule has 35 heavy (non-hydrogen) atoms. The molecule has 0 saturated heterocycles. The van der Waals surface area contributed by atoms with Crippen LogP contribution in [-0.4, -0.2) is 44.8 Å². The van der Waals surface area contributed by atoms with Gasteiger partial charge in [-0.05, 0) is 61.0 Å². The Hall–Kier alpha value is -3.43. The average Bonchev–Trinajstić information content (AvgIpc) is 2.87. The maximum atomic E-state index is 13.6. The number of benzene rings is 3. The molecule has 3 aromatic rings. The molecule has 0 heterocycles. The zero-order valence-electron chi connectivity index (χ0n) is 19.2. The van der Waals surface area contributed by atoms with Crippen molar-refractivity contribution in [2.45, 2.75) is 24.4 Å². The Labute approximate surface area is 209 Å². The highest BCUT2D eigenvalue weighted by Gasteiger charge is 2.32. The number of halogens is 2. The van der Waals surface area contributed by atoms with Crippen LogP contribution >= 0.6 is 11.6 Å². The van der Waals surface area contributed by atoms with Crippen LogP contribution in [0.1, 0.15) is 12.5 Å². The topological polar surface area (TPSA) is 86.8 Å². The van der Waals surface area contributed by atoms with Crippen molar-refractivity contribution in [3.63, 3.8) is 0 Å². The lowest BCUT2D eigenvalue weighted by molar-refractivity contribution is -0.139. The summed E-state index contributed by atoms with van der Waals surface area (Å²) in [6.07, 6.45) is 0. The van der Waals surface area contributed by atoms with Gasteiger partial charge in [0, 0.05) is 18.6 Å². The average molecular weight is 518 g/mol. The largest absolute Gasteiger partial charge is 0.357 e. The summed E-state index contributed by atoms with van der Waals surface area (Å²) >= 11 is 5.96. The summed E-state index contributed by atoms with van der Waals surface area (Å²) in [5, 5.41) is 3.03. The number of hydrogen-bond donors (Lipinski definition) is 1. The molecule has 3 rings (SSSR count). The Morgan fingerprint density at radius 3 is 2.14 bits per heavy atom. The number of rotatable bonds is 9. The van der Waals surface area contributed by atoms with Gasteiger partial charge in [-0.3, -0.25) is 13.9 Å². The van der Waals surface area contributed by atoms with Crippen molar-refractivity contribution < 1.29 is 22.4 Å². The summed E-state index contributed by atoms with van der Waals surface area (Å²) in [5.74, 6) is -1.57. The summed E-state index contributed by atoms with van der Waals surface area (Å²) in [6, 6.07) is 18.3. The van der Waals surface area contributed by atoms with E-state index in [0.717, 1.165) is 16.4 Å². The zero-order chi connectivity index (χ0) is 25.6. The van der Waals surface area contributed by atoms with Crippen molar-refractivity contribution in [1.82, 2.24) is 10.2 Å². The zero-order valence-corrected chi connectivity index (χ0v) is 20.8. The van der Waals surface area contributed by atoms with Crippen molar-refractivity contribution in [2.24, 2.45) is 0 Å². The molecule has 0 aliphatic heterocycles. The van der Waals surface area contributed by atoms with Gasteiger partial charge in [-0.25, -0.2) is 12.8 Å². The van der Waals surface area contributed by atoms with Gasteiger partial charge >= 0.3 is 0 Å². The highest BCUT2D eigenvalue weighted by molar-refractivity contribution is 7.92. The highest BCUT2D eigenvalue weighted by atomic mass is 35.5. The summed E-state index contributed by atoms with van der Waals surface area (Å²) in [5.41, 5.74) is 0.820. The monoisotopic (exact) mass is 517 g/mol. The molecule has 1 N–H and O–H groups in total. The maximum absolute atomic E-state index is 13.6. The van der Waals surface area contributed by atoms with E-state index in [1.54, 1.807) is 49.4 Å². The summed E-state index contributed by atoms with van der Waals surface area (Å²) in [7, 11) is -2.73. The first-order chi connectivity index (χ1) is 16.6. The molecule has 0 spiro atoms. The minimum atomic E-state index is -4.18. The molecule has 0 bridgehead atoms. The minimum Gasteiger partial charge on any atom is -0.357 e. The fourth-order valence-corrected chi connectivity index (χ4v) is 5.00. The van der Waals surface area contributed by atoms with E-state index in [9.17, 15) is 22.4 Å². The van der Waals surface area contributed by atoms with E-state index in [1.807, 2.05) is 0 Å². The van der Waals surface area contributed by atoms with Crippen LogP contribution in [0.4, 0.5) is 10.1 Å². The summed E-state index contributed by atoms with van der Waals surface area (Å²) in [6.45, 7) is 1.01. The van der Waals surface area contributed by atoms with Crippen molar-refractivity contribution in [1.29, 1.82) is 0 Å². The molecule has 1 atom stereocenters. The quantitative estimate of drug-likeness (QED) is 0.467. The number of amides is 2. The number of carbonyl (C=O) groups excluding carboxylic acids is 2. The standard InChI is InChI=1S/C25H25ClFN3O4S/c1-18(25(32)28-2)29(16-19-8-10-20(26)11-9-19)24(31)17-30(22-14-12-21(27)13-15-22)35(33,34)23-6-4-3-5-7-23/h3-15,18H,16-17H2,1-2H3,(H,28,32). The fraction of sp³-hybridized carbons (Fsp3) is 0.200. The van der Waals surface area contributed by atoms with E-state index in [2.05, 4.69) is 5.32 Å². The minimum absolute atomic E-state index is 0.0271. The van der Waals surface area contributed by atoms with Gasteiger partial charge in [0.1, 0.15) is 18.4 Å². The second-order valence-electron chi connectivity index (χ2n) is 7.74. The van der Waals surface area contributed by atoms with Gasteiger partial charge in [-0.1, -0.05) is 41.9 Å². The Kier molecular flexibility index (Phi) is 8.48. The number of nitrogens with zero attached hydrogens (tertiary/aromatic N) is 2. The van der Waals surface area contributed by atoms with Crippen LogP contribution in [0.15, 0.2) is 83.8 Å². The molecule has 0 aliphatic carbocycles. The van der Waals surface area contributed by atoms with E-state index in [1.165, 1.54) is 36.2 Å². The second-order valence-corrected chi connectivity index (χ2v) is 10.0. The van der Waals surface area contributed by atoms with E-state index in [4.69, 9.17) is 11.6 Å². The third kappa shape index (κ3) is 6.37. The molecule has 2 amide bonds. The lowest BCUT2D eigenvalue weighted by Gasteiger charge is -2.31. The lowest BCUT2D eigenvalue weighted by Crippen LogP contribution is -2.50. The summed E-state index contributed by atoms with van der Waals surface area (Å²) in [4.78, 5) is 27.2. The van der Waals surface area contributed by atoms with Crippen LogP contribution in [0.3, 0.4) is 0 Å². The van der Waals surface area contributed by atoms with E-state index in [-0.39, 0.29) is 17.1 Å². The van der Waals surface area contributed by atoms with Gasteiger partial charge in [0.05, 0.1) is 10.6 Å². The third-order valence-electron chi connectivity index (χ3n) is 5.40. The molecule has 10 heteroatoms. The van der Waals surface area contributed by atoms with Gasteiger partial charge in [0.25, 0.3) is 10.0 Å². The number of nitrogens with one attached hydrogen (secondary N) is 1. The number of hydrogen-bond acceptors (Lipinski definition) is 4. The molecular formula is C25H25ClFN3O4S. The first-order valence-electron chi connectivity index (χ1n) is 10.7. The predicted octanol–water partition coefficient (Wildman–Crippen LogP) is 3.84. The van der Waals surface area contributed by atoms with Gasteiger partial charge < -0.3 is 10.2 Å². The highest BCUT2D eigenvalue weighted by Crippen LogP contribution is 2.25. The number of anilines is 1. The Balaban J connectivity index is 2.00. The number of likely N-dealkylation sites (N-methyl/N-ethyl adjacent to an activating group) is 1. The number of sulfonamides is 1. The van der Waals surface area contributed by atoms with Crippen molar-refractivity contribution in [3.8, 4) is 0 Å². The Bertz CT molecular complexity index is 1270. The van der Waals surface area contributed by atoms with Crippen LogP contribution in [0, 0.1) is 5.82 Å². The van der Waals surface area contributed by atoms with E-state index in [0.29, 0.717) is 10.6 Å². The molecule has 7 nitrogen and oxygen atoms in total. The molecule has 0 aliphatic rings. The van der Waals surface area contributed by atoms with Gasteiger partial charge in [0.15, 0.2) is 0 Å². The predicted molar refractivity (Wildman–Crippen MR) is 133 cm³/mol. The van der Waals surface area contributed by atoms with E-state index < -0.39 is 40.2 Å². The van der Waals surface area contributed by atoms with Gasteiger partial charge in [0.2, 0.25) is 11.8 Å². The molecule has 0 aromatic heterocycles. The molecule has 0 saturated carbocycles. The van der Waals surface area contributed by atoms with Gasteiger partial charge in [-0.2, -0.15) is 0 Å². The first kappa shape index (κ1) is 26.2. The second kappa shape index (κ2) is 11.3. The van der Waals surface area contributed by atoms with Crippen LogP contribution in [0.5, 0.6) is 0 Å². The van der Waals surface area contributed by atoms with Crippen LogP contribution < -0.4 is 9.62 Å². The van der Waals surface area contributed by atoms with Gasteiger partial charge in [-0.15, -0.1) is 0 Å². The summed E-state index contributed by atoms with van der Waals surface area (Å²) < 4.78 is 41.5. The van der Waals surface area contributed by atoms with Crippen LogP contribution in [-0.2, 0) is 26.2 Å². The molecule has 184 valence electrons. The molecule has 0 radical (unpaired) electrons. The Morgan fingerprint density at radius 2 is 1.57 bits per heavy atom. The van der Waals surface area contributed by atoms with Crippen LogP contribution in [0.25, 0.3) is 0 Å². The van der Waals surface area contributed by atoms with Crippen molar-refractivity contribution in [3.05, 3.63) is 95.3 Å². The van der Waals surface area contributed by atoms with Crippen molar-refractivity contribution >= 4 is 39.1 Å². The molecule has 0 fully saturated rings. The van der Waals surface area contributed by atoms with Crippen LogP contribution in [0.2, 0.25) is 5.02 Å². The lowest BCUT2D eigenvalue weighted by atomic mass is 10.1. The Morgan fingerprint density at radius 1 is 0.971 bits per heavy atom. The third-order valence-corrected chi connectivity index (χ3v) is 7.44. The normalized spacial score (nSPS) is 12.0. The fourth-order valence-electron chi connectivity index (χ4n) is 3.43. The molecule has 1 unspecified atom stereocenters. The first-order valence-corrected chi connectivity index (χ1v) is 12.5.